The van der Waals surface area contributed by atoms with Gasteiger partial charge in [-0.25, -0.2) is 8.42 Å². The van der Waals surface area contributed by atoms with Crippen molar-refractivity contribution in [2.75, 3.05) is 18.1 Å². The molecule has 2 aliphatic carbocycles. The molecule has 2 heterocycles. The average molecular weight is 368 g/mol. The van der Waals surface area contributed by atoms with Crippen molar-refractivity contribution in [3.63, 3.8) is 0 Å². The molecule has 6 atom stereocenters. The Morgan fingerprint density at radius 1 is 1.24 bits per heavy atom. The number of nitrogens with zero attached hydrogens (tertiary/aromatic N) is 1. The predicted molar refractivity (Wildman–Crippen MR) is 93.4 cm³/mol. The molecule has 0 unspecified atom stereocenters. The topological polar surface area (TPSA) is 83.6 Å². The molecule has 1 N–H and O–H groups in total. The summed E-state index contributed by atoms with van der Waals surface area (Å²) >= 11 is 0. The number of carbonyl (C=O) groups excluding carboxylic acids is 2. The van der Waals surface area contributed by atoms with Crippen LogP contribution in [0.5, 0.6) is 0 Å². The second-order valence-corrected chi connectivity index (χ2v) is 10.9. The number of hydrogen-bond donors (Lipinski definition) is 1. The summed E-state index contributed by atoms with van der Waals surface area (Å²) < 4.78 is 23.3. The highest BCUT2D eigenvalue weighted by molar-refractivity contribution is 7.91. The summed E-state index contributed by atoms with van der Waals surface area (Å²) in [6.07, 6.45) is 5.90. The first-order valence-electron chi connectivity index (χ1n) is 9.62. The van der Waals surface area contributed by atoms with Gasteiger partial charge in [-0.2, -0.15) is 0 Å². The first-order valence-corrected chi connectivity index (χ1v) is 11.4. The van der Waals surface area contributed by atoms with Gasteiger partial charge in [-0.3, -0.25) is 9.59 Å². The van der Waals surface area contributed by atoms with E-state index in [0.29, 0.717) is 18.9 Å². The lowest BCUT2D eigenvalue weighted by molar-refractivity contribution is -0.130. The Kier molecular flexibility index (Phi) is 4.33. The second-order valence-electron chi connectivity index (χ2n) is 8.64. The highest BCUT2D eigenvalue weighted by Crippen LogP contribution is 2.49. The fourth-order valence-corrected chi connectivity index (χ4v) is 7.37. The van der Waals surface area contributed by atoms with E-state index < -0.39 is 9.84 Å². The van der Waals surface area contributed by atoms with E-state index in [1.807, 2.05) is 0 Å². The molecule has 0 aromatic carbocycles. The lowest BCUT2D eigenvalue weighted by Crippen LogP contribution is -2.44. The Labute approximate surface area is 149 Å². The summed E-state index contributed by atoms with van der Waals surface area (Å²) in [7, 11) is -3.02. The maximum Gasteiger partial charge on any atom is 0.225 e. The van der Waals surface area contributed by atoms with Gasteiger partial charge >= 0.3 is 0 Å². The van der Waals surface area contributed by atoms with Crippen molar-refractivity contribution in [1.29, 1.82) is 0 Å². The minimum Gasteiger partial charge on any atom is -0.353 e. The summed E-state index contributed by atoms with van der Waals surface area (Å²) in [4.78, 5) is 26.6. The van der Waals surface area contributed by atoms with Crippen molar-refractivity contribution >= 4 is 21.7 Å². The number of likely N-dealkylation sites (tertiary alicyclic amines) is 1. The molecule has 2 amide bonds. The van der Waals surface area contributed by atoms with E-state index in [-0.39, 0.29) is 47.7 Å². The molecule has 0 aromatic heterocycles. The van der Waals surface area contributed by atoms with Gasteiger partial charge < -0.3 is 10.2 Å². The van der Waals surface area contributed by atoms with E-state index in [9.17, 15) is 18.0 Å². The van der Waals surface area contributed by atoms with E-state index in [4.69, 9.17) is 0 Å². The molecule has 0 aromatic rings. The van der Waals surface area contributed by atoms with Crippen LogP contribution in [0.25, 0.3) is 0 Å². The van der Waals surface area contributed by atoms with Gasteiger partial charge in [-0.15, -0.1) is 0 Å². The summed E-state index contributed by atoms with van der Waals surface area (Å²) in [6.45, 7) is 2.47. The molecule has 2 aliphatic heterocycles. The molecule has 2 saturated heterocycles. The van der Waals surface area contributed by atoms with Gasteiger partial charge in [0.2, 0.25) is 11.8 Å². The van der Waals surface area contributed by atoms with E-state index in [2.05, 4.69) is 12.2 Å². The zero-order valence-electron chi connectivity index (χ0n) is 14.8. The summed E-state index contributed by atoms with van der Waals surface area (Å²) in [5.74, 6) is 1.94. The van der Waals surface area contributed by atoms with Crippen LogP contribution in [0.3, 0.4) is 0 Å². The fraction of sp³-hybridized carbons (Fsp3) is 0.889. The van der Waals surface area contributed by atoms with E-state index in [1.165, 1.54) is 25.7 Å². The molecule has 6 nitrogen and oxygen atoms in total. The standard InChI is InChI=1S/C18H28N2O4S/c1-11(16-7-12-2-3-13(16)6-12)19-18(22)14-8-17(21)20(9-14)15-4-5-25(23,24)10-15/h11-16H,2-10H2,1H3,(H,19,22)/t11-,12-,13-,14+,15+,16+/m0/s1. The number of fused-ring (bicyclic) bond motifs is 2. The smallest absolute Gasteiger partial charge is 0.225 e. The van der Waals surface area contributed by atoms with Crippen molar-refractivity contribution in [2.24, 2.45) is 23.7 Å². The van der Waals surface area contributed by atoms with Crippen LogP contribution >= 0.6 is 0 Å². The van der Waals surface area contributed by atoms with Crippen molar-refractivity contribution in [1.82, 2.24) is 10.2 Å². The van der Waals surface area contributed by atoms with Crippen molar-refractivity contribution in [2.45, 2.75) is 57.5 Å². The Morgan fingerprint density at radius 3 is 2.64 bits per heavy atom. The van der Waals surface area contributed by atoms with E-state index in [1.54, 1.807) is 4.90 Å². The minimum absolute atomic E-state index is 0.0352. The zero-order chi connectivity index (χ0) is 17.8. The molecular formula is C18H28N2O4S. The summed E-state index contributed by atoms with van der Waals surface area (Å²) in [5.41, 5.74) is 0. The maximum atomic E-state index is 12.6. The Morgan fingerprint density at radius 2 is 2.04 bits per heavy atom. The van der Waals surface area contributed by atoms with Gasteiger partial charge in [0.05, 0.1) is 17.4 Å². The number of carbonyl (C=O) groups is 2. The molecule has 140 valence electrons. The number of nitrogens with one attached hydrogen (secondary N) is 1. The molecular weight excluding hydrogens is 340 g/mol. The van der Waals surface area contributed by atoms with Crippen LogP contribution in [0, 0.1) is 23.7 Å². The normalized spacial score (nSPS) is 40.6. The summed E-state index contributed by atoms with van der Waals surface area (Å²) in [5, 5.41) is 3.16. The van der Waals surface area contributed by atoms with Crippen molar-refractivity contribution in [3.8, 4) is 0 Å². The van der Waals surface area contributed by atoms with Gasteiger partial charge in [0, 0.05) is 25.0 Å². The molecule has 4 rings (SSSR count). The highest BCUT2D eigenvalue weighted by atomic mass is 32.2. The Hall–Kier alpha value is -1.11. The lowest BCUT2D eigenvalue weighted by atomic mass is 9.84. The zero-order valence-corrected chi connectivity index (χ0v) is 15.6. The molecule has 4 aliphatic rings. The van der Waals surface area contributed by atoms with E-state index in [0.717, 1.165) is 11.8 Å². The highest BCUT2D eigenvalue weighted by Gasteiger charge is 2.44. The van der Waals surface area contributed by atoms with Crippen LogP contribution in [-0.4, -0.2) is 55.3 Å². The van der Waals surface area contributed by atoms with Crippen molar-refractivity contribution in [3.05, 3.63) is 0 Å². The third-order valence-electron chi connectivity index (χ3n) is 6.98. The van der Waals surface area contributed by atoms with Gasteiger partial charge in [-0.1, -0.05) is 6.42 Å². The van der Waals surface area contributed by atoms with Gasteiger partial charge in [0.15, 0.2) is 9.84 Å². The van der Waals surface area contributed by atoms with Crippen LogP contribution < -0.4 is 5.32 Å². The molecule has 25 heavy (non-hydrogen) atoms. The predicted octanol–water partition coefficient (Wildman–Crippen LogP) is 0.963. The SMILES string of the molecule is C[C@H](NC(=O)[C@@H]1CC(=O)N([C@@H]2CCS(=O)(=O)C2)C1)[C@H]1C[C@H]2CC[C@H]1C2. The monoisotopic (exact) mass is 368 g/mol. The van der Waals surface area contributed by atoms with Crippen LogP contribution in [0.1, 0.15) is 45.4 Å². The first kappa shape index (κ1) is 17.3. The van der Waals surface area contributed by atoms with Crippen LogP contribution in [-0.2, 0) is 19.4 Å². The van der Waals surface area contributed by atoms with Gasteiger partial charge in [-0.05, 0) is 50.4 Å². The Balaban J connectivity index is 1.33. The van der Waals surface area contributed by atoms with Crippen molar-refractivity contribution < 1.29 is 18.0 Å². The number of rotatable bonds is 4. The third kappa shape index (κ3) is 3.32. The third-order valence-corrected chi connectivity index (χ3v) is 8.73. The lowest BCUT2D eigenvalue weighted by Gasteiger charge is -2.29. The van der Waals surface area contributed by atoms with Gasteiger partial charge in [0.1, 0.15) is 0 Å². The Bertz CT molecular complexity index is 677. The van der Waals surface area contributed by atoms with Gasteiger partial charge in [0.25, 0.3) is 0 Å². The second kappa shape index (κ2) is 6.25. The number of amides is 2. The molecule has 7 heteroatoms. The average Bonchev–Trinajstić information content (AvgIpc) is 3.30. The molecule has 0 radical (unpaired) electrons. The fourth-order valence-electron chi connectivity index (χ4n) is 5.64. The quantitative estimate of drug-likeness (QED) is 0.801. The molecule has 0 spiro atoms. The van der Waals surface area contributed by atoms with Crippen LogP contribution in [0.4, 0.5) is 0 Å². The van der Waals surface area contributed by atoms with E-state index >= 15 is 0 Å². The summed E-state index contributed by atoms with van der Waals surface area (Å²) in [6, 6.07) is -0.0721. The largest absolute Gasteiger partial charge is 0.353 e. The number of sulfone groups is 1. The minimum atomic E-state index is -3.02. The maximum absolute atomic E-state index is 12.6. The first-order chi connectivity index (χ1) is 11.8. The molecule has 2 bridgehead atoms. The van der Waals surface area contributed by atoms with Crippen LogP contribution in [0.15, 0.2) is 0 Å². The molecule has 4 fully saturated rings. The number of hydrogen-bond acceptors (Lipinski definition) is 4. The van der Waals surface area contributed by atoms with Crippen LogP contribution in [0.2, 0.25) is 0 Å². The molecule has 2 saturated carbocycles.